The zero-order valence-electron chi connectivity index (χ0n) is 14.4. The normalized spacial score (nSPS) is 13.8. The molecule has 1 aromatic heterocycles. The van der Waals surface area contributed by atoms with E-state index in [4.69, 9.17) is 11.6 Å². The van der Waals surface area contributed by atoms with Gasteiger partial charge in [0.25, 0.3) is 0 Å². The fourth-order valence-electron chi connectivity index (χ4n) is 3.05. The second-order valence-corrected chi connectivity index (χ2v) is 6.74. The van der Waals surface area contributed by atoms with Crippen molar-refractivity contribution in [1.29, 1.82) is 0 Å². The van der Waals surface area contributed by atoms with E-state index in [1.54, 1.807) is 17.2 Å². The summed E-state index contributed by atoms with van der Waals surface area (Å²) < 4.78 is 0. The van der Waals surface area contributed by atoms with Crippen LogP contribution in [0.2, 0.25) is 5.02 Å². The van der Waals surface area contributed by atoms with Crippen LogP contribution in [0.1, 0.15) is 24.1 Å². The first kappa shape index (κ1) is 17.5. The molecule has 1 aromatic carbocycles. The summed E-state index contributed by atoms with van der Waals surface area (Å²) in [6.07, 6.45) is 4.05. The number of para-hydroxylation sites is 1. The molecule has 0 unspecified atom stereocenters. The first-order valence-electron chi connectivity index (χ1n) is 8.56. The molecule has 0 atom stereocenters. The van der Waals surface area contributed by atoms with E-state index in [9.17, 15) is 4.79 Å². The van der Waals surface area contributed by atoms with Gasteiger partial charge in [-0.05, 0) is 36.6 Å². The maximum atomic E-state index is 12.4. The molecule has 5 nitrogen and oxygen atoms in total. The van der Waals surface area contributed by atoms with Crippen molar-refractivity contribution in [3.8, 4) is 0 Å². The lowest BCUT2D eigenvalue weighted by molar-refractivity contribution is 0.206. The average Bonchev–Trinajstić information content (AvgIpc) is 3.16. The van der Waals surface area contributed by atoms with Crippen LogP contribution in [-0.4, -0.2) is 36.1 Å². The number of halogens is 1. The van der Waals surface area contributed by atoms with Gasteiger partial charge in [0.1, 0.15) is 0 Å². The molecule has 0 aliphatic carbocycles. The Hall–Kier alpha value is -2.27. The highest BCUT2D eigenvalue weighted by Crippen LogP contribution is 2.25. The van der Waals surface area contributed by atoms with Gasteiger partial charge in [-0.3, -0.25) is 4.98 Å². The van der Waals surface area contributed by atoms with Gasteiger partial charge in [-0.25, -0.2) is 4.79 Å². The third kappa shape index (κ3) is 4.63. The number of carbonyl (C=O) groups is 1. The summed E-state index contributed by atoms with van der Waals surface area (Å²) in [5.74, 6) is 0. The number of rotatable bonds is 5. The van der Waals surface area contributed by atoms with Gasteiger partial charge in [0.15, 0.2) is 0 Å². The second-order valence-electron chi connectivity index (χ2n) is 6.31. The average molecular weight is 359 g/mol. The highest BCUT2D eigenvalue weighted by molar-refractivity contribution is 6.30. The van der Waals surface area contributed by atoms with Gasteiger partial charge in [-0.1, -0.05) is 29.8 Å². The van der Waals surface area contributed by atoms with Crippen molar-refractivity contribution in [1.82, 2.24) is 15.2 Å². The number of amides is 2. The van der Waals surface area contributed by atoms with Crippen molar-refractivity contribution in [3.63, 3.8) is 0 Å². The van der Waals surface area contributed by atoms with Crippen LogP contribution in [0, 0.1) is 0 Å². The Balaban J connectivity index is 1.59. The van der Waals surface area contributed by atoms with Gasteiger partial charge >= 0.3 is 6.03 Å². The summed E-state index contributed by atoms with van der Waals surface area (Å²) in [7, 11) is 1.81. The molecular formula is C19H23ClN4O. The number of carbonyl (C=O) groups excluding carboxylic acids is 1. The lowest BCUT2D eigenvalue weighted by Crippen LogP contribution is -2.37. The van der Waals surface area contributed by atoms with Crippen LogP contribution in [0.4, 0.5) is 10.5 Å². The zero-order valence-corrected chi connectivity index (χ0v) is 15.2. The molecule has 25 heavy (non-hydrogen) atoms. The molecular weight excluding hydrogens is 336 g/mol. The maximum Gasteiger partial charge on any atom is 0.317 e. The Bertz CT molecular complexity index is 714. The summed E-state index contributed by atoms with van der Waals surface area (Å²) in [5.41, 5.74) is 3.19. The third-order valence-corrected chi connectivity index (χ3v) is 4.63. The highest BCUT2D eigenvalue weighted by Gasteiger charge is 2.17. The van der Waals surface area contributed by atoms with E-state index in [0.717, 1.165) is 18.8 Å². The quantitative estimate of drug-likeness (QED) is 0.887. The monoisotopic (exact) mass is 358 g/mol. The smallest absolute Gasteiger partial charge is 0.317 e. The Morgan fingerprint density at radius 3 is 2.72 bits per heavy atom. The predicted octanol–water partition coefficient (Wildman–Crippen LogP) is 3.68. The number of pyridine rings is 1. The molecule has 0 bridgehead atoms. The Morgan fingerprint density at radius 1 is 1.24 bits per heavy atom. The zero-order chi connectivity index (χ0) is 17.6. The number of aromatic nitrogens is 1. The van der Waals surface area contributed by atoms with Crippen molar-refractivity contribution >= 4 is 23.3 Å². The van der Waals surface area contributed by atoms with Crippen LogP contribution in [0.15, 0.2) is 42.6 Å². The van der Waals surface area contributed by atoms with Gasteiger partial charge in [-0.15, -0.1) is 0 Å². The predicted molar refractivity (Wildman–Crippen MR) is 101 cm³/mol. The van der Waals surface area contributed by atoms with Gasteiger partial charge in [0, 0.05) is 38.6 Å². The van der Waals surface area contributed by atoms with Crippen LogP contribution >= 0.6 is 11.6 Å². The van der Waals surface area contributed by atoms with E-state index in [-0.39, 0.29) is 6.03 Å². The van der Waals surface area contributed by atoms with Gasteiger partial charge in [-0.2, -0.15) is 0 Å². The fraction of sp³-hybridized carbons (Fsp3) is 0.368. The Morgan fingerprint density at radius 2 is 2.00 bits per heavy atom. The summed E-state index contributed by atoms with van der Waals surface area (Å²) in [6, 6.07) is 11.8. The van der Waals surface area contributed by atoms with Crippen LogP contribution in [0.3, 0.4) is 0 Å². The van der Waals surface area contributed by atoms with E-state index in [0.29, 0.717) is 18.1 Å². The van der Waals surface area contributed by atoms with Crippen LogP contribution in [-0.2, 0) is 13.1 Å². The minimum absolute atomic E-state index is 0.118. The number of anilines is 1. The van der Waals surface area contributed by atoms with E-state index >= 15 is 0 Å². The number of benzene rings is 1. The molecule has 132 valence electrons. The largest absolute Gasteiger partial charge is 0.371 e. The SMILES string of the molecule is CN(Cc1ccccc1N1CCCC1)C(=O)NCc1ccc(Cl)cn1. The maximum absolute atomic E-state index is 12.4. The Labute approximate surface area is 153 Å². The minimum atomic E-state index is -0.118. The number of hydrogen-bond donors (Lipinski definition) is 1. The third-order valence-electron chi connectivity index (χ3n) is 4.40. The van der Waals surface area contributed by atoms with E-state index in [1.807, 2.05) is 19.2 Å². The molecule has 0 saturated carbocycles. The molecule has 2 heterocycles. The lowest BCUT2D eigenvalue weighted by Gasteiger charge is -2.24. The van der Waals surface area contributed by atoms with E-state index in [2.05, 4.69) is 33.4 Å². The first-order chi connectivity index (χ1) is 12.1. The van der Waals surface area contributed by atoms with E-state index < -0.39 is 0 Å². The van der Waals surface area contributed by atoms with Crippen molar-refractivity contribution < 1.29 is 4.79 Å². The number of urea groups is 1. The lowest BCUT2D eigenvalue weighted by atomic mass is 10.1. The molecule has 1 aliphatic heterocycles. The molecule has 0 radical (unpaired) electrons. The number of hydrogen-bond acceptors (Lipinski definition) is 3. The fourth-order valence-corrected chi connectivity index (χ4v) is 3.16. The standard InChI is InChI=1S/C19H23ClN4O/c1-23(19(25)22-13-17-9-8-16(20)12-21-17)14-15-6-2-3-7-18(15)24-10-4-5-11-24/h2-3,6-9,12H,4-5,10-11,13-14H2,1H3,(H,22,25). The molecule has 6 heteroatoms. The molecule has 2 amide bonds. The van der Waals surface area contributed by atoms with Crippen LogP contribution < -0.4 is 10.2 Å². The van der Waals surface area contributed by atoms with Crippen molar-refractivity contribution in [3.05, 3.63) is 58.9 Å². The molecule has 1 fully saturated rings. The number of nitrogens with one attached hydrogen (secondary N) is 1. The topological polar surface area (TPSA) is 48.5 Å². The Kier molecular flexibility index (Phi) is 5.76. The second kappa shape index (κ2) is 8.21. The summed E-state index contributed by atoms with van der Waals surface area (Å²) >= 11 is 5.82. The molecule has 2 aromatic rings. The van der Waals surface area contributed by atoms with Crippen LogP contribution in [0.25, 0.3) is 0 Å². The van der Waals surface area contributed by atoms with Gasteiger partial charge in [0.2, 0.25) is 0 Å². The van der Waals surface area contributed by atoms with Gasteiger partial charge in [0.05, 0.1) is 17.3 Å². The highest BCUT2D eigenvalue weighted by atomic mass is 35.5. The molecule has 1 aliphatic rings. The minimum Gasteiger partial charge on any atom is -0.371 e. The summed E-state index contributed by atoms with van der Waals surface area (Å²) in [4.78, 5) is 20.7. The summed E-state index contributed by atoms with van der Waals surface area (Å²) in [5, 5.41) is 3.48. The van der Waals surface area contributed by atoms with E-state index in [1.165, 1.54) is 24.1 Å². The number of nitrogens with zero attached hydrogens (tertiary/aromatic N) is 3. The molecule has 1 N–H and O–H groups in total. The molecule has 1 saturated heterocycles. The van der Waals surface area contributed by atoms with Crippen molar-refractivity contribution in [2.45, 2.75) is 25.9 Å². The van der Waals surface area contributed by atoms with Gasteiger partial charge < -0.3 is 15.1 Å². The molecule has 0 spiro atoms. The summed E-state index contributed by atoms with van der Waals surface area (Å²) in [6.45, 7) is 3.14. The van der Waals surface area contributed by atoms with Crippen LogP contribution in [0.5, 0.6) is 0 Å². The van der Waals surface area contributed by atoms with Crippen molar-refractivity contribution in [2.75, 3.05) is 25.0 Å². The van der Waals surface area contributed by atoms with Crippen molar-refractivity contribution in [2.24, 2.45) is 0 Å². The molecule has 3 rings (SSSR count). The first-order valence-corrected chi connectivity index (χ1v) is 8.93.